The molecule has 0 heterocycles. The Labute approximate surface area is 121 Å². The van der Waals surface area contributed by atoms with E-state index in [4.69, 9.17) is 10.5 Å². The molecule has 1 rings (SSSR count). The van der Waals surface area contributed by atoms with Crippen molar-refractivity contribution in [2.24, 2.45) is 11.7 Å². The molecule has 0 aliphatic rings. The molecule has 0 saturated carbocycles. The van der Waals surface area contributed by atoms with Crippen molar-refractivity contribution in [3.05, 3.63) is 60.7 Å². The standard InChI is InChI=1S/C17H23NO2/c1-3-8-16(18)15(4-2)11-12-17(19)20-13-14-9-6-5-7-10-14/h3-10,15-16H,2,11-13,18H2,1H3/b8-3+. The molecule has 2 unspecified atom stereocenters. The summed E-state index contributed by atoms with van der Waals surface area (Å²) < 4.78 is 5.23. The third-order valence-corrected chi connectivity index (χ3v) is 3.14. The third kappa shape index (κ3) is 5.85. The number of hydrogen-bond donors (Lipinski definition) is 1. The number of nitrogens with two attached hydrogens (primary N) is 1. The second-order valence-corrected chi connectivity index (χ2v) is 4.69. The van der Waals surface area contributed by atoms with Crippen LogP contribution in [0.25, 0.3) is 0 Å². The van der Waals surface area contributed by atoms with Gasteiger partial charge < -0.3 is 10.5 Å². The van der Waals surface area contributed by atoms with Gasteiger partial charge in [-0.1, -0.05) is 48.6 Å². The molecule has 0 bridgehead atoms. The molecule has 2 atom stereocenters. The number of carbonyl (C=O) groups is 1. The Kier molecular flexibility index (Phi) is 7.36. The van der Waals surface area contributed by atoms with Crippen LogP contribution >= 0.6 is 0 Å². The van der Waals surface area contributed by atoms with Crippen LogP contribution in [0.4, 0.5) is 0 Å². The van der Waals surface area contributed by atoms with E-state index in [1.165, 1.54) is 0 Å². The molecule has 1 aromatic carbocycles. The maximum absolute atomic E-state index is 11.7. The van der Waals surface area contributed by atoms with Gasteiger partial charge in [0.15, 0.2) is 0 Å². The number of benzene rings is 1. The van der Waals surface area contributed by atoms with Gasteiger partial charge in [0.1, 0.15) is 6.61 Å². The average molecular weight is 273 g/mol. The molecular formula is C17H23NO2. The summed E-state index contributed by atoms with van der Waals surface area (Å²) in [6, 6.07) is 9.55. The fourth-order valence-electron chi connectivity index (χ4n) is 1.93. The Balaban J connectivity index is 2.33. The molecule has 0 fully saturated rings. The van der Waals surface area contributed by atoms with Crippen LogP contribution in [0, 0.1) is 5.92 Å². The van der Waals surface area contributed by atoms with E-state index in [2.05, 4.69) is 6.58 Å². The summed E-state index contributed by atoms with van der Waals surface area (Å²) in [5.41, 5.74) is 6.97. The van der Waals surface area contributed by atoms with Gasteiger partial charge in [-0.3, -0.25) is 4.79 Å². The van der Waals surface area contributed by atoms with E-state index in [1.807, 2.05) is 49.4 Å². The van der Waals surface area contributed by atoms with Crippen LogP contribution in [0.15, 0.2) is 55.1 Å². The van der Waals surface area contributed by atoms with Crippen molar-refractivity contribution in [2.45, 2.75) is 32.4 Å². The van der Waals surface area contributed by atoms with Crippen molar-refractivity contribution in [1.29, 1.82) is 0 Å². The Bertz CT molecular complexity index is 440. The molecule has 20 heavy (non-hydrogen) atoms. The predicted octanol–water partition coefficient (Wildman–Crippen LogP) is 3.22. The molecule has 2 N–H and O–H groups in total. The molecule has 0 amide bonds. The Morgan fingerprint density at radius 2 is 2.10 bits per heavy atom. The highest BCUT2D eigenvalue weighted by Gasteiger charge is 2.14. The van der Waals surface area contributed by atoms with Gasteiger partial charge in [-0.05, 0) is 24.8 Å². The molecular weight excluding hydrogens is 250 g/mol. The fraction of sp³-hybridized carbons (Fsp3) is 0.353. The Morgan fingerprint density at radius 1 is 1.40 bits per heavy atom. The summed E-state index contributed by atoms with van der Waals surface area (Å²) >= 11 is 0. The van der Waals surface area contributed by atoms with E-state index in [-0.39, 0.29) is 17.9 Å². The quantitative estimate of drug-likeness (QED) is 0.584. The Morgan fingerprint density at radius 3 is 2.70 bits per heavy atom. The number of rotatable bonds is 8. The highest BCUT2D eigenvalue weighted by Crippen LogP contribution is 2.13. The molecule has 0 aliphatic heterocycles. The Hall–Kier alpha value is -1.87. The fourth-order valence-corrected chi connectivity index (χ4v) is 1.93. The lowest BCUT2D eigenvalue weighted by atomic mass is 9.95. The minimum absolute atomic E-state index is 0.0930. The molecule has 0 saturated heterocycles. The molecule has 3 heteroatoms. The monoisotopic (exact) mass is 273 g/mol. The van der Waals surface area contributed by atoms with Crippen LogP contribution in [0.5, 0.6) is 0 Å². The minimum Gasteiger partial charge on any atom is -0.461 e. The van der Waals surface area contributed by atoms with E-state index in [0.717, 1.165) is 5.56 Å². The van der Waals surface area contributed by atoms with Crippen molar-refractivity contribution in [1.82, 2.24) is 0 Å². The predicted molar refractivity (Wildman–Crippen MR) is 81.9 cm³/mol. The van der Waals surface area contributed by atoms with Crippen LogP contribution in [-0.2, 0) is 16.1 Å². The van der Waals surface area contributed by atoms with E-state index in [9.17, 15) is 4.79 Å². The zero-order valence-electron chi connectivity index (χ0n) is 12.0. The smallest absolute Gasteiger partial charge is 0.306 e. The molecule has 0 radical (unpaired) electrons. The van der Waals surface area contributed by atoms with Crippen molar-refractivity contribution in [2.75, 3.05) is 0 Å². The van der Waals surface area contributed by atoms with E-state index >= 15 is 0 Å². The van der Waals surface area contributed by atoms with Gasteiger partial charge in [-0.15, -0.1) is 6.58 Å². The number of carbonyl (C=O) groups excluding carboxylic acids is 1. The van der Waals surface area contributed by atoms with E-state index in [1.54, 1.807) is 6.08 Å². The highest BCUT2D eigenvalue weighted by molar-refractivity contribution is 5.69. The van der Waals surface area contributed by atoms with Crippen molar-refractivity contribution in [3.63, 3.8) is 0 Å². The molecule has 0 aliphatic carbocycles. The van der Waals surface area contributed by atoms with Crippen molar-refractivity contribution < 1.29 is 9.53 Å². The van der Waals surface area contributed by atoms with Crippen molar-refractivity contribution in [3.8, 4) is 0 Å². The molecule has 108 valence electrons. The van der Waals surface area contributed by atoms with Crippen LogP contribution < -0.4 is 5.73 Å². The summed E-state index contributed by atoms with van der Waals surface area (Å²) in [7, 11) is 0. The van der Waals surface area contributed by atoms with Gasteiger partial charge >= 0.3 is 5.97 Å². The first-order valence-corrected chi connectivity index (χ1v) is 6.88. The largest absolute Gasteiger partial charge is 0.461 e. The van der Waals surface area contributed by atoms with Crippen molar-refractivity contribution >= 4 is 5.97 Å². The lowest BCUT2D eigenvalue weighted by Crippen LogP contribution is -2.27. The second-order valence-electron chi connectivity index (χ2n) is 4.69. The number of allylic oxidation sites excluding steroid dienone is 1. The van der Waals surface area contributed by atoms with Gasteiger partial charge in [-0.25, -0.2) is 0 Å². The van der Waals surface area contributed by atoms with Gasteiger partial charge in [0.05, 0.1) is 0 Å². The summed E-state index contributed by atoms with van der Waals surface area (Å²) in [6.07, 6.45) is 6.64. The van der Waals surface area contributed by atoms with Gasteiger partial charge in [0.25, 0.3) is 0 Å². The molecule has 3 nitrogen and oxygen atoms in total. The van der Waals surface area contributed by atoms with Gasteiger partial charge in [0.2, 0.25) is 0 Å². The minimum atomic E-state index is -0.201. The third-order valence-electron chi connectivity index (χ3n) is 3.14. The first kappa shape index (κ1) is 16.2. The maximum atomic E-state index is 11.7. The normalized spacial score (nSPS) is 13.9. The lowest BCUT2D eigenvalue weighted by Gasteiger charge is -2.16. The molecule has 0 aromatic heterocycles. The molecule has 1 aromatic rings. The summed E-state index contributed by atoms with van der Waals surface area (Å²) in [4.78, 5) is 11.7. The summed E-state index contributed by atoms with van der Waals surface area (Å²) in [6.45, 7) is 6.01. The van der Waals surface area contributed by atoms with Crippen LogP contribution in [0.1, 0.15) is 25.3 Å². The van der Waals surface area contributed by atoms with Gasteiger partial charge in [0, 0.05) is 12.5 Å². The zero-order chi connectivity index (χ0) is 14.8. The lowest BCUT2D eigenvalue weighted by molar-refractivity contribution is -0.145. The number of ether oxygens (including phenoxy) is 1. The van der Waals surface area contributed by atoms with Crippen LogP contribution in [-0.4, -0.2) is 12.0 Å². The molecule has 0 spiro atoms. The first-order valence-electron chi connectivity index (χ1n) is 6.88. The number of esters is 1. The van der Waals surface area contributed by atoms with Crippen LogP contribution in [0.3, 0.4) is 0 Å². The van der Waals surface area contributed by atoms with Crippen LogP contribution in [0.2, 0.25) is 0 Å². The van der Waals surface area contributed by atoms with E-state index < -0.39 is 0 Å². The second kappa shape index (κ2) is 9.10. The summed E-state index contributed by atoms with van der Waals surface area (Å²) in [5.74, 6) is -0.108. The van der Waals surface area contributed by atoms with Gasteiger partial charge in [-0.2, -0.15) is 0 Å². The summed E-state index contributed by atoms with van der Waals surface area (Å²) in [5, 5.41) is 0. The zero-order valence-corrected chi connectivity index (χ0v) is 12.0. The average Bonchev–Trinajstić information content (AvgIpc) is 2.47. The SMILES string of the molecule is C=CC(CCC(=O)OCc1ccccc1)C(N)/C=C/C. The van der Waals surface area contributed by atoms with E-state index in [0.29, 0.717) is 19.4 Å². The maximum Gasteiger partial charge on any atom is 0.306 e. The number of hydrogen-bond acceptors (Lipinski definition) is 3. The highest BCUT2D eigenvalue weighted by atomic mass is 16.5. The topological polar surface area (TPSA) is 52.3 Å². The first-order chi connectivity index (χ1) is 9.67.